The third kappa shape index (κ3) is 2.47. The van der Waals surface area contributed by atoms with Gasteiger partial charge in [0.15, 0.2) is 0 Å². The van der Waals surface area contributed by atoms with E-state index >= 15 is 0 Å². The van der Waals surface area contributed by atoms with Crippen molar-refractivity contribution in [2.45, 2.75) is 18.9 Å². The fraction of sp³-hybridized carbons (Fsp3) is 0.462. The maximum absolute atomic E-state index is 12.5. The number of rotatable bonds is 1. The summed E-state index contributed by atoms with van der Waals surface area (Å²) in [6.45, 7) is 1.71. The molecule has 2 saturated heterocycles. The molecule has 0 bridgehead atoms. The standard InChI is InChI=1S/C13H13Cl2N3O2/c14-10-5-8(6-11(15)16-10)13(20)17-3-4-18-9(7-17)1-2-12(18)19/h5-6,9H,1-4,7H2. The van der Waals surface area contributed by atoms with Crippen LogP contribution in [0, 0.1) is 0 Å². The largest absolute Gasteiger partial charge is 0.336 e. The molecule has 2 amide bonds. The molecular formula is C13H13Cl2N3O2. The van der Waals surface area contributed by atoms with E-state index in [0.717, 1.165) is 6.42 Å². The SMILES string of the molecule is O=C(c1cc(Cl)nc(Cl)c1)N1CCN2C(=O)CCC2C1. The molecular weight excluding hydrogens is 301 g/mol. The van der Waals surface area contributed by atoms with Gasteiger partial charge in [-0.05, 0) is 18.6 Å². The lowest BCUT2D eigenvalue weighted by atomic mass is 10.1. The van der Waals surface area contributed by atoms with Crippen LogP contribution in [0.3, 0.4) is 0 Å². The van der Waals surface area contributed by atoms with E-state index in [1.54, 1.807) is 4.90 Å². The normalized spacial score (nSPS) is 22.1. The number of halogens is 2. The van der Waals surface area contributed by atoms with Crippen molar-refractivity contribution in [2.24, 2.45) is 0 Å². The van der Waals surface area contributed by atoms with Crippen LogP contribution in [0.15, 0.2) is 12.1 Å². The second kappa shape index (κ2) is 5.22. The van der Waals surface area contributed by atoms with Crippen molar-refractivity contribution in [1.82, 2.24) is 14.8 Å². The van der Waals surface area contributed by atoms with Crippen LogP contribution in [0.5, 0.6) is 0 Å². The van der Waals surface area contributed by atoms with E-state index in [0.29, 0.717) is 31.6 Å². The molecule has 1 aromatic rings. The van der Waals surface area contributed by atoms with Crippen LogP contribution in [0.1, 0.15) is 23.2 Å². The summed E-state index contributed by atoms with van der Waals surface area (Å²) in [4.78, 5) is 31.5. The van der Waals surface area contributed by atoms with Gasteiger partial charge in [0.1, 0.15) is 10.3 Å². The zero-order chi connectivity index (χ0) is 14.3. The average Bonchev–Trinajstić information content (AvgIpc) is 2.78. The molecule has 0 aliphatic carbocycles. The maximum atomic E-state index is 12.5. The van der Waals surface area contributed by atoms with Gasteiger partial charge >= 0.3 is 0 Å². The van der Waals surface area contributed by atoms with Gasteiger partial charge in [0.25, 0.3) is 5.91 Å². The van der Waals surface area contributed by atoms with Crippen LogP contribution >= 0.6 is 23.2 Å². The highest BCUT2D eigenvalue weighted by Crippen LogP contribution is 2.24. The van der Waals surface area contributed by atoms with Crippen LogP contribution in [0.4, 0.5) is 0 Å². The van der Waals surface area contributed by atoms with Gasteiger partial charge in [-0.3, -0.25) is 9.59 Å². The monoisotopic (exact) mass is 313 g/mol. The molecule has 0 spiro atoms. The predicted molar refractivity (Wildman–Crippen MR) is 74.9 cm³/mol. The first-order chi connectivity index (χ1) is 9.54. The zero-order valence-electron chi connectivity index (χ0n) is 10.7. The molecule has 20 heavy (non-hydrogen) atoms. The smallest absolute Gasteiger partial charge is 0.254 e. The third-order valence-corrected chi connectivity index (χ3v) is 4.18. The van der Waals surface area contributed by atoms with Gasteiger partial charge < -0.3 is 9.80 Å². The summed E-state index contributed by atoms with van der Waals surface area (Å²) in [6.07, 6.45) is 1.40. The number of piperazine rings is 1. The Morgan fingerprint density at radius 1 is 1.25 bits per heavy atom. The van der Waals surface area contributed by atoms with Crippen molar-refractivity contribution in [3.05, 3.63) is 28.0 Å². The quantitative estimate of drug-likeness (QED) is 0.743. The lowest BCUT2D eigenvalue weighted by Gasteiger charge is -2.37. The van der Waals surface area contributed by atoms with E-state index in [-0.39, 0.29) is 28.2 Å². The van der Waals surface area contributed by atoms with Gasteiger partial charge in [-0.2, -0.15) is 0 Å². The van der Waals surface area contributed by atoms with Crippen molar-refractivity contribution in [3.63, 3.8) is 0 Å². The highest BCUT2D eigenvalue weighted by atomic mass is 35.5. The highest BCUT2D eigenvalue weighted by molar-refractivity contribution is 6.33. The molecule has 1 aromatic heterocycles. The average molecular weight is 314 g/mol. The number of carbonyl (C=O) groups is 2. The number of fused-ring (bicyclic) bond motifs is 1. The topological polar surface area (TPSA) is 53.5 Å². The maximum Gasteiger partial charge on any atom is 0.254 e. The van der Waals surface area contributed by atoms with Crippen LogP contribution in [0.2, 0.25) is 10.3 Å². The van der Waals surface area contributed by atoms with Gasteiger partial charge in [-0.25, -0.2) is 4.98 Å². The van der Waals surface area contributed by atoms with Crippen LogP contribution in [-0.4, -0.2) is 52.3 Å². The number of amides is 2. The lowest BCUT2D eigenvalue weighted by Crippen LogP contribution is -2.53. The molecule has 1 atom stereocenters. The van der Waals surface area contributed by atoms with E-state index in [1.807, 2.05) is 4.90 Å². The first-order valence-electron chi connectivity index (χ1n) is 6.46. The second-order valence-electron chi connectivity index (χ2n) is 5.03. The Bertz CT molecular complexity index is 558. The predicted octanol–water partition coefficient (Wildman–Crippen LogP) is 1.84. The molecule has 5 nitrogen and oxygen atoms in total. The van der Waals surface area contributed by atoms with Crippen LogP contribution in [-0.2, 0) is 4.79 Å². The minimum absolute atomic E-state index is 0.116. The summed E-state index contributed by atoms with van der Waals surface area (Å²) in [5.74, 6) is 0.0762. The van der Waals surface area contributed by atoms with Crippen LogP contribution < -0.4 is 0 Å². The molecule has 7 heteroatoms. The van der Waals surface area contributed by atoms with Crippen LogP contribution in [0.25, 0.3) is 0 Å². The molecule has 2 aliphatic heterocycles. The third-order valence-electron chi connectivity index (χ3n) is 3.79. The molecule has 2 fully saturated rings. The zero-order valence-corrected chi connectivity index (χ0v) is 12.2. The summed E-state index contributed by atoms with van der Waals surface area (Å²) in [7, 11) is 0. The fourth-order valence-electron chi connectivity index (χ4n) is 2.82. The van der Waals surface area contributed by atoms with E-state index < -0.39 is 0 Å². The Labute approximate surface area is 126 Å². The number of hydrogen-bond acceptors (Lipinski definition) is 3. The molecule has 0 radical (unpaired) electrons. The highest BCUT2D eigenvalue weighted by Gasteiger charge is 2.37. The Morgan fingerprint density at radius 3 is 2.65 bits per heavy atom. The number of pyridine rings is 1. The van der Waals surface area contributed by atoms with Gasteiger partial charge in [0.05, 0.1) is 0 Å². The Morgan fingerprint density at radius 2 is 1.95 bits per heavy atom. The van der Waals surface area contributed by atoms with Crippen molar-refractivity contribution in [2.75, 3.05) is 19.6 Å². The Hall–Kier alpha value is -1.33. The lowest BCUT2D eigenvalue weighted by molar-refractivity contribution is -0.130. The number of aromatic nitrogens is 1. The molecule has 0 N–H and O–H groups in total. The summed E-state index contributed by atoms with van der Waals surface area (Å²) >= 11 is 11.6. The van der Waals surface area contributed by atoms with E-state index in [9.17, 15) is 9.59 Å². The van der Waals surface area contributed by atoms with Gasteiger partial charge in [-0.15, -0.1) is 0 Å². The minimum atomic E-state index is -0.116. The summed E-state index contributed by atoms with van der Waals surface area (Å²) < 4.78 is 0. The second-order valence-corrected chi connectivity index (χ2v) is 5.81. The fourth-order valence-corrected chi connectivity index (χ4v) is 3.28. The Kier molecular flexibility index (Phi) is 3.56. The Balaban J connectivity index is 1.76. The van der Waals surface area contributed by atoms with Gasteiger partial charge in [-0.1, -0.05) is 23.2 Å². The number of hydrogen-bond donors (Lipinski definition) is 0. The number of nitrogens with zero attached hydrogens (tertiary/aromatic N) is 3. The summed E-state index contributed by atoms with van der Waals surface area (Å²) in [5.41, 5.74) is 0.438. The van der Waals surface area contributed by atoms with Gasteiger partial charge in [0.2, 0.25) is 5.91 Å². The molecule has 0 aromatic carbocycles. The number of carbonyl (C=O) groups excluding carboxylic acids is 2. The molecule has 3 rings (SSSR count). The first kappa shape index (κ1) is 13.6. The summed E-state index contributed by atoms with van der Waals surface area (Å²) in [6, 6.07) is 3.18. The molecule has 2 aliphatic rings. The summed E-state index contributed by atoms with van der Waals surface area (Å²) in [5, 5.41) is 0.408. The molecule has 1 unspecified atom stereocenters. The minimum Gasteiger partial charge on any atom is -0.336 e. The van der Waals surface area contributed by atoms with E-state index in [1.165, 1.54) is 12.1 Å². The van der Waals surface area contributed by atoms with Crippen molar-refractivity contribution < 1.29 is 9.59 Å². The van der Waals surface area contributed by atoms with E-state index in [2.05, 4.69) is 4.98 Å². The molecule has 106 valence electrons. The molecule has 3 heterocycles. The molecule has 0 saturated carbocycles. The van der Waals surface area contributed by atoms with Gasteiger partial charge in [0, 0.05) is 37.7 Å². The first-order valence-corrected chi connectivity index (χ1v) is 7.22. The van der Waals surface area contributed by atoms with Crippen molar-refractivity contribution in [1.29, 1.82) is 0 Å². The van der Waals surface area contributed by atoms with E-state index in [4.69, 9.17) is 23.2 Å². The van der Waals surface area contributed by atoms with Crippen molar-refractivity contribution in [3.8, 4) is 0 Å². The van der Waals surface area contributed by atoms with Crippen molar-refractivity contribution >= 4 is 35.0 Å².